The van der Waals surface area contributed by atoms with E-state index in [9.17, 15) is 0 Å². The van der Waals surface area contributed by atoms with E-state index in [1.54, 1.807) is 6.20 Å². The molecule has 1 aliphatic rings. The molecule has 1 heterocycles. The molecule has 0 amide bonds. The van der Waals surface area contributed by atoms with Gasteiger partial charge in [0.2, 0.25) is 0 Å². The fourth-order valence-electron chi connectivity index (χ4n) is 1.89. The zero-order valence-electron chi connectivity index (χ0n) is 10.8. The predicted molar refractivity (Wildman–Crippen MR) is 69.1 cm³/mol. The van der Waals surface area contributed by atoms with Gasteiger partial charge in [0, 0.05) is 30.5 Å². The lowest BCUT2D eigenvalue weighted by Crippen LogP contribution is -2.18. The predicted octanol–water partition coefficient (Wildman–Crippen LogP) is 2.90. The molecule has 0 aromatic carbocycles. The molecule has 1 saturated carbocycles. The summed E-state index contributed by atoms with van der Waals surface area (Å²) >= 11 is 0. The zero-order valence-corrected chi connectivity index (χ0v) is 10.8. The Kier molecular flexibility index (Phi) is 4.37. The second-order valence-electron chi connectivity index (χ2n) is 4.86. The van der Waals surface area contributed by atoms with E-state index in [1.165, 1.54) is 18.4 Å². The lowest BCUT2D eigenvalue weighted by molar-refractivity contribution is 0.207. The molecule has 0 bridgehead atoms. The average molecular weight is 234 g/mol. The first-order chi connectivity index (χ1) is 8.29. The summed E-state index contributed by atoms with van der Waals surface area (Å²) in [5.41, 5.74) is 1.17. The molecule has 1 aromatic heterocycles. The van der Waals surface area contributed by atoms with Crippen LogP contribution < -0.4 is 10.1 Å². The maximum Gasteiger partial charge on any atom is 0.127 e. The van der Waals surface area contributed by atoms with Crippen LogP contribution in [0.1, 0.15) is 45.1 Å². The summed E-state index contributed by atoms with van der Waals surface area (Å²) in [5.74, 6) is 0.981. The Morgan fingerprint density at radius 2 is 2.35 bits per heavy atom. The molecule has 0 saturated heterocycles. The van der Waals surface area contributed by atoms with Crippen LogP contribution in [-0.2, 0) is 6.54 Å². The van der Waals surface area contributed by atoms with Gasteiger partial charge in [-0.2, -0.15) is 0 Å². The number of rotatable bonds is 7. The largest absolute Gasteiger partial charge is 0.490 e. The first-order valence-corrected chi connectivity index (χ1v) is 6.62. The second kappa shape index (κ2) is 6.01. The van der Waals surface area contributed by atoms with Crippen molar-refractivity contribution >= 4 is 0 Å². The Bertz CT molecular complexity index is 350. The fourth-order valence-corrected chi connectivity index (χ4v) is 1.89. The van der Waals surface area contributed by atoms with Crippen LogP contribution in [0.5, 0.6) is 5.75 Å². The van der Waals surface area contributed by atoms with E-state index >= 15 is 0 Å². The molecule has 1 atom stereocenters. The molecule has 3 nitrogen and oxygen atoms in total. The Hall–Kier alpha value is -1.09. The molecule has 1 fully saturated rings. The van der Waals surface area contributed by atoms with Gasteiger partial charge >= 0.3 is 0 Å². The summed E-state index contributed by atoms with van der Waals surface area (Å²) < 4.78 is 5.96. The Morgan fingerprint density at radius 1 is 1.53 bits per heavy atom. The summed E-state index contributed by atoms with van der Waals surface area (Å²) in [6.07, 6.45) is 8.85. The Labute approximate surface area is 104 Å². The summed E-state index contributed by atoms with van der Waals surface area (Å²) in [5, 5.41) is 3.50. The van der Waals surface area contributed by atoms with Crippen LogP contribution in [0.4, 0.5) is 0 Å². The highest BCUT2D eigenvalue weighted by atomic mass is 16.5. The van der Waals surface area contributed by atoms with Crippen LogP contribution in [0, 0.1) is 0 Å². The van der Waals surface area contributed by atoms with Gasteiger partial charge in [0.25, 0.3) is 0 Å². The highest BCUT2D eigenvalue weighted by Crippen LogP contribution is 2.23. The molecule has 1 aliphatic carbocycles. The summed E-state index contributed by atoms with van der Waals surface area (Å²) in [7, 11) is 0. The third-order valence-corrected chi connectivity index (χ3v) is 3.04. The topological polar surface area (TPSA) is 34.1 Å². The number of aromatic nitrogens is 1. The molecule has 2 rings (SSSR count). The lowest BCUT2D eigenvalue weighted by Gasteiger charge is -2.16. The van der Waals surface area contributed by atoms with Crippen molar-refractivity contribution in [3.63, 3.8) is 0 Å². The van der Waals surface area contributed by atoms with Crippen LogP contribution in [0.3, 0.4) is 0 Å². The quantitative estimate of drug-likeness (QED) is 0.787. The summed E-state index contributed by atoms with van der Waals surface area (Å²) in [4.78, 5) is 4.18. The van der Waals surface area contributed by atoms with Crippen LogP contribution in [0.25, 0.3) is 0 Å². The third-order valence-electron chi connectivity index (χ3n) is 3.04. The van der Waals surface area contributed by atoms with E-state index in [1.807, 2.05) is 12.3 Å². The van der Waals surface area contributed by atoms with Gasteiger partial charge in [-0.25, -0.2) is 0 Å². The minimum absolute atomic E-state index is 0.280. The first kappa shape index (κ1) is 12.4. The summed E-state index contributed by atoms with van der Waals surface area (Å²) in [6.45, 7) is 5.18. The number of nitrogens with zero attached hydrogens (tertiary/aromatic N) is 1. The van der Waals surface area contributed by atoms with Crippen molar-refractivity contribution in [2.45, 2.75) is 58.2 Å². The molecular weight excluding hydrogens is 212 g/mol. The van der Waals surface area contributed by atoms with Crippen LogP contribution in [0.2, 0.25) is 0 Å². The Balaban J connectivity index is 1.93. The summed E-state index contributed by atoms with van der Waals surface area (Å²) in [6, 6.07) is 2.69. The molecular formula is C14H22N2O. The van der Waals surface area contributed by atoms with Gasteiger partial charge in [-0.1, -0.05) is 13.3 Å². The standard InChI is InChI=1S/C14H22N2O/c1-3-4-11(2)17-14-7-8-15-9-12(14)10-16-13-5-6-13/h7-9,11,13,16H,3-6,10H2,1-2H3. The van der Waals surface area contributed by atoms with Gasteiger partial charge < -0.3 is 10.1 Å². The van der Waals surface area contributed by atoms with Crippen molar-refractivity contribution in [1.82, 2.24) is 10.3 Å². The minimum Gasteiger partial charge on any atom is -0.490 e. The second-order valence-corrected chi connectivity index (χ2v) is 4.86. The minimum atomic E-state index is 0.280. The molecule has 0 radical (unpaired) electrons. The van der Waals surface area contributed by atoms with Gasteiger partial charge in [0.05, 0.1) is 6.10 Å². The van der Waals surface area contributed by atoms with Gasteiger partial charge in [0.1, 0.15) is 5.75 Å². The van der Waals surface area contributed by atoms with Crippen molar-refractivity contribution in [3.05, 3.63) is 24.0 Å². The van der Waals surface area contributed by atoms with Crippen molar-refractivity contribution in [1.29, 1.82) is 0 Å². The number of hydrogen-bond acceptors (Lipinski definition) is 3. The van der Waals surface area contributed by atoms with E-state index in [4.69, 9.17) is 4.74 Å². The number of pyridine rings is 1. The fraction of sp³-hybridized carbons (Fsp3) is 0.643. The molecule has 0 spiro atoms. The zero-order chi connectivity index (χ0) is 12.1. The Morgan fingerprint density at radius 3 is 3.06 bits per heavy atom. The SMILES string of the molecule is CCCC(C)Oc1ccncc1CNC1CC1. The maximum atomic E-state index is 5.96. The molecule has 1 unspecified atom stereocenters. The number of ether oxygens (including phenoxy) is 1. The van der Waals surface area contributed by atoms with Crippen molar-refractivity contribution in [2.75, 3.05) is 0 Å². The van der Waals surface area contributed by atoms with E-state index in [2.05, 4.69) is 24.1 Å². The van der Waals surface area contributed by atoms with Gasteiger partial charge in [0.15, 0.2) is 0 Å². The van der Waals surface area contributed by atoms with Gasteiger partial charge in [-0.3, -0.25) is 4.98 Å². The average Bonchev–Trinajstić information content (AvgIpc) is 3.12. The van der Waals surface area contributed by atoms with Crippen molar-refractivity contribution < 1.29 is 4.74 Å². The lowest BCUT2D eigenvalue weighted by atomic mass is 10.2. The molecule has 0 aliphatic heterocycles. The normalized spacial score (nSPS) is 16.8. The third kappa shape index (κ3) is 4.00. The molecule has 17 heavy (non-hydrogen) atoms. The molecule has 94 valence electrons. The molecule has 3 heteroatoms. The number of nitrogens with one attached hydrogen (secondary N) is 1. The smallest absolute Gasteiger partial charge is 0.127 e. The van der Waals surface area contributed by atoms with E-state index in [0.29, 0.717) is 0 Å². The van der Waals surface area contributed by atoms with Crippen LogP contribution in [-0.4, -0.2) is 17.1 Å². The van der Waals surface area contributed by atoms with Crippen molar-refractivity contribution in [3.8, 4) is 5.75 Å². The van der Waals surface area contributed by atoms with Crippen LogP contribution >= 0.6 is 0 Å². The molecule has 1 aromatic rings. The molecule has 1 N–H and O–H groups in total. The maximum absolute atomic E-state index is 5.96. The highest BCUT2D eigenvalue weighted by molar-refractivity contribution is 5.30. The van der Waals surface area contributed by atoms with E-state index in [-0.39, 0.29) is 6.10 Å². The van der Waals surface area contributed by atoms with Crippen LogP contribution in [0.15, 0.2) is 18.5 Å². The van der Waals surface area contributed by atoms with E-state index < -0.39 is 0 Å². The number of hydrogen-bond donors (Lipinski definition) is 1. The highest BCUT2D eigenvalue weighted by Gasteiger charge is 2.20. The monoisotopic (exact) mass is 234 g/mol. The van der Waals surface area contributed by atoms with Gasteiger partial charge in [-0.15, -0.1) is 0 Å². The van der Waals surface area contributed by atoms with Crippen molar-refractivity contribution in [2.24, 2.45) is 0 Å². The first-order valence-electron chi connectivity index (χ1n) is 6.62. The van der Waals surface area contributed by atoms with Gasteiger partial charge in [-0.05, 0) is 32.3 Å². The van der Waals surface area contributed by atoms with E-state index in [0.717, 1.165) is 31.2 Å².